The molecule has 0 radical (unpaired) electrons. The number of rotatable bonds is 6. The molecule has 2 aliphatic rings. The first-order chi connectivity index (χ1) is 22.7. The molecule has 0 fully saturated rings. The Balaban J connectivity index is 1.61. The fourth-order valence-corrected chi connectivity index (χ4v) is 7.33. The van der Waals surface area contributed by atoms with E-state index in [-0.39, 0.29) is 51.7 Å². The van der Waals surface area contributed by atoms with E-state index in [0.29, 0.717) is 0 Å². The second-order valence-corrected chi connectivity index (χ2v) is 12.6. The molecule has 0 aliphatic carbocycles. The van der Waals surface area contributed by atoms with Crippen LogP contribution in [-0.4, -0.2) is 91.0 Å². The molecule has 0 saturated heterocycles. The lowest BCUT2D eigenvalue weighted by Crippen LogP contribution is -2.37. The second kappa shape index (κ2) is 12.1. The van der Waals surface area contributed by atoms with Gasteiger partial charge in [0.1, 0.15) is 46.7 Å². The first-order valence-corrected chi connectivity index (χ1v) is 15.3. The summed E-state index contributed by atoms with van der Waals surface area (Å²) in [6.45, 7) is -0.349. The summed E-state index contributed by atoms with van der Waals surface area (Å²) in [5, 5.41) is 137. The third-order valence-electron chi connectivity index (χ3n) is 8.33. The molecule has 2 aliphatic heterocycles. The molecule has 0 aromatic heterocycles. The highest BCUT2D eigenvalue weighted by molar-refractivity contribution is 7.99. The van der Waals surface area contributed by atoms with Crippen LogP contribution in [-0.2, 0) is 0 Å². The zero-order chi connectivity index (χ0) is 34.8. The molecule has 6 rings (SSSR count). The Labute approximate surface area is 274 Å². The van der Waals surface area contributed by atoms with Crippen LogP contribution in [0.5, 0.6) is 69.0 Å². The number of thioether (sulfide) groups is 1. The van der Waals surface area contributed by atoms with E-state index in [0.717, 1.165) is 54.2 Å². The van der Waals surface area contributed by atoms with Gasteiger partial charge in [0, 0.05) is 46.2 Å². The molecule has 2 heterocycles. The number of aliphatic hydroxyl groups is 3. The van der Waals surface area contributed by atoms with Gasteiger partial charge in [-0.05, 0) is 24.3 Å². The van der Waals surface area contributed by atoms with Crippen molar-refractivity contribution in [1.29, 1.82) is 0 Å². The maximum Gasteiger partial charge on any atom is 0.200 e. The molecule has 4 aromatic carbocycles. The van der Waals surface area contributed by atoms with Gasteiger partial charge in [-0.2, -0.15) is 0 Å². The number of aliphatic hydroxyl groups excluding tert-OH is 3. The molecule has 6 atom stereocenters. The van der Waals surface area contributed by atoms with E-state index in [1.54, 1.807) is 0 Å². The Morgan fingerprint density at radius 1 is 0.542 bits per heavy atom. The quantitative estimate of drug-likeness (QED) is 0.130. The van der Waals surface area contributed by atoms with E-state index in [1.165, 1.54) is 0 Å². The number of benzene rings is 4. The van der Waals surface area contributed by atoms with Crippen LogP contribution in [0.4, 0.5) is 0 Å². The van der Waals surface area contributed by atoms with Crippen molar-refractivity contribution in [3.8, 4) is 69.0 Å². The highest BCUT2D eigenvalue weighted by Crippen LogP contribution is 2.60. The summed E-state index contributed by atoms with van der Waals surface area (Å²) >= 11 is 0.982. The van der Waals surface area contributed by atoms with Crippen LogP contribution in [0, 0.1) is 0 Å². The predicted octanol–water partition coefficient (Wildman–Crippen LogP) is 2.63. The standard InChI is InChI=1S/C32H30O15S/c33-1-2-48-32-23-15(37)9-14(36)22(31(23)47-30(28(32)45)11-5-18(40)26(43)19(41)6-11)24-21-13(35)7-12(34)8-20(21)46-29(27(24)44)10-3-16(38)25(42)17(39)4-10/h3-9,24,27-30,32-45H,1-2H2/t24-,27-,28-,29+,30+,32-/m0/s1. The monoisotopic (exact) mass is 686 g/mol. The van der Waals surface area contributed by atoms with Crippen LogP contribution >= 0.6 is 11.8 Å². The minimum atomic E-state index is -1.81. The summed E-state index contributed by atoms with van der Waals surface area (Å²) in [4.78, 5) is 0. The van der Waals surface area contributed by atoms with Crippen molar-refractivity contribution >= 4 is 11.8 Å². The molecular formula is C32H30O15S. The van der Waals surface area contributed by atoms with Crippen LogP contribution in [0.3, 0.4) is 0 Å². The molecule has 4 aromatic rings. The zero-order valence-electron chi connectivity index (χ0n) is 24.5. The maximum atomic E-state index is 11.9. The lowest BCUT2D eigenvalue weighted by Gasteiger charge is -2.42. The highest BCUT2D eigenvalue weighted by Gasteiger charge is 2.48. The number of phenols is 10. The molecule has 13 N–H and O–H groups in total. The zero-order valence-corrected chi connectivity index (χ0v) is 25.3. The van der Waals surface area contributed by atoms with Crippen LogP contribution in [0.1, 0.15) is 51.2 Å². The van der Waals surface area contributed by atoms with Gasteiger partial charge in [-0.25, -0.2) is 0 Å². The third-order valence-corrected chi connectivity index (χ3v) is 9.62. The lowest BCUT2D eigenvalue weighted by molar-refractivity contribution is 0.000494. The first kappa shape index (κ1) is 32.6. The lowest BCUT2D eigenvalue weighted by atomic mass is 9.77. The highest BCUT2D eigenvalue weighted by atomic mass is 32.2. The van der Waals surface area contributed by atoms with Crippen molar-refractivity contribution in [1.82, 2.24) is 0 Å². The summed E-state index contributed by atoms with van der Waals surface area (Å²) in [5.74, 6) is -9.06. The van der Waals surface area contributed by atoms with Crippen molar-refractivity contribution in [2.75, 3.05) is 12.4 Å². The van der Waals surface area contributed by atoms with Crippen molar-refractivity contribution in [2.45, 2.75) is 35.6 Å². The third kappa shape index (κ3) is 5.24. The van der Waals surface area contributed by atoms with Crippen molar-refractivity contribution in [3.63, 3.8) is 0 Å². The van der Waals surface area contributed by atoms with Gasteiger partial charge in [-0.15, -0.1) is 11.8 Å². The second-order valence-electron chi connectivity index (χ2n) is 11.3. The minimum Gasteiger partial charge on any atom is -0.508 e. The molecule has 0 bridgehead atoms. The summed E-state index contributed by atoms with van der Waals surface area (Å²) in [7, 11) is 0. The summed E-state index contributed by atoms with van der Waals surface area (Å²) in [6, 6.07) is 6.97. The Kier molecular flexibility index (Phi) is 8.20. The van der Waals surface area contributed by atoms with Gasteiger partial charge in [0.25, 0.3) is 0 Å². The summed E-state index contributed by atoms with van der Waals surface area (Å²) in [5.41, 5.74) is -0.666. The molecule has 16 heteroatoms. The largest absolute Gasteiger partial charge is 0.508 e. The summed E-state index contributed by atoms with van der Waals surface area (Å²) < 4.78 is 12.1. The Morgan fingerprint density at radius 3 is 1.58 bits per heavy atom. The number of ether oxygens (including phenoxy) is 2. The Hall–Kier alpha value is -5.29. The van der Waals surface area contributed by atoms with Crippen molar-refractivity contribution in [3.05, 3.63) is 70.3 Å². The number of hydrogen-bond donors (Lipinski definition) is 13. The number of phenolic OH excluding ortho intramolecular Hbond substituents is 10. The molecule has 0 amide bonds. The fourth-order valence-electron chi connectivity index (χ4n) is 6.24. The van der Waals surface area contributed by atoms with E-state index in [9.17, 15) is 66.4 Å². The minimum absolute atomic E-state index is 0.0360. The molecule has 254 valence electrons. The van der Waals surface area contributed by atoms with E-state index in [4.69, 9.17) is 9.47 Å². The van der Waals surface area contributed by atoms with E-state index < -0.39 is 93.1 Å². The van der Waals surface area contributed by atoms with Gasteiger partial charge >= 0.3 is 0 Å². The SMILES string of the molecule is OCCS[C@H]1c2c(O)cc(O)c([C@@H]3c4c(O)cc(O)cc4O[C@H](c4cc(O)c(O)c(O)c4)[C@H]3O)c2O[C@H](c2cc(O)c(O)c(O)c2)[C@@H]1O. The molecule has 15 nitrogen and oxygen atoms in total. The fraction of sp³-hybridized carbons (Fsp3) is 0.250. The Morgan fingerprint density at radius 2 is 1.04 bits per heavy atom. The average Bonchev–Trinajstić information content (AvgIpc) is 3.02. The number of hydrogen-bond acceptors (Lipinski definition) is 16. The van der Waals surface area contributed by atoms with Crippen LogP contribution in [0.2, 0.25) is 0 Å². The maximum absolute atomic E-state index is 11.9. The van der Waals surface area contributed by atoms with Crippen LogP contribution in [0.15, 0.2) is 42.5 Å². The van der Waals surface area contributed by atoms with Gasteiger partial charge in [0.15, 0.2) is 46.7 Å². The molecular weight excluding hydrogens is 656 g/mol. The molecule has 48 heavy (non-hydrogen) atoms. The van der Waals surface area contributed by atoms with Gasteiger partial charge in [-0.3, -0.25) is 0 Å². The van der Waals surface area contributed by atoms with Gasteiger partial charge < -0.3 is 75.9 Å². The summed E-state index contributed by atoms with van der Waals surface area (Å²) in [6.07, 6.45) is -6.35. The molecule has 0 spiro atoms. The normalized spacial score (nSPS) is 23.1. The van der Waals surface area contributed by atoms with E-state index >= 15 is 0 Å². The van der Waals surface area contributed by atoms with Crippen molar-refractivity contribution < 1.29 is 75.9 Å². The van der Waals surface area contributed by atoms with E-state index in [1.807, 2.05) is 0 Å². The smallest absolute Gasteiger partial charge is 0.200 e. The molecule has 0 unspecified atom stereocenters. The van der Waals surface area contributed by atoms with Crippen LogP contribution < -0.4 is 9.47 Å². The predicted molar refractivity (Wildman–Crippen MR) is 165 cm³/mol. The van der Waals surface area contributed by atoms with Crippen molar-refractivity contribution in [2.24, 2.45) is 0 Å². The topological polar surface area (TPSA) is 281 Å². The number of aromatic hydroxyl groups is 10. The van der Waals surface area contributed by atoms with E-state index in [2.05, 4.69) is 0 Å². The Bertz CT molecular complexity index is 1870. The first-order valence-electron chi connectivity index (χ1n) is 14.3. The average molecular weight is 687 g/mol. The van der Waals surface area contributed by atoms with Gasteiger partial charge in [-0.1, -0.05) is 0 Å². The van der Waals surface area contributed by atoms with Gasteiger partial charge in [0.05, 0.1) is 23.3 Å². The van der Waals surface area contributed by atoms with Gasteiger partial charge in [0.2, 0.25) is 0 Å². The number of fused-ring (bicyclic) bond motifs is 2. The molecule has 0 saturated carbocycles. The van der Waals surface area contributed by atoms with Crippen LogP contribution in [0.25, 0.3) is 0 Å².